The molecule has 0 radical (unpaired) electrons. The molecule has 0 saturated carbocycles. The van der Waals surface area contributed by atoms with Crippen molar-refractivity contribution >= 4 is 17.5 Å². The first-order valence-electron chi connectivity index (χ1n) is 9.96. The molecular weight excluding hydrogens is 392 g/mol. The van der Waals surface area contributed by atoms with Gasteiger partial charge in [0.25, 0.3) is 0 Å². The first kappa shape index (κ1) is 18.6. The van der Waals surface area contributed by atoms with Crippen LogP contribution in [0.3, 0.4) is 0 Å². The van der Waals surface area contributed by atoms with Crippen molar-refractivity contribution in [1.82, 2.24) is 31.2 Å². The third-order valence-corrected chi connectivity index (χ3v) is 6.34. The number of amides is 1. The van der Waals surface area contributed by atoms with Gasteiger partial charge in [0.05, 0.1) is 5.92 Å². The molecule has 0 aliphatic carbocycles. The fourth-order valence-electron chi connectivity index (χ4n) is 4.28. The van der Waals surface area contributed by atoms with Crippen molar-refractivity contribution in [2.75, 3.05) is 19.6 Å². The minimum Gasteiger partial charge on any atom is -0.338 e. The van der Waals surface area contributed by atoms with Crippen molar-refractivity contribution < 1.29 is 9.32 Å². The summed E-state index contributed by atoms with van der Waals surface area (Å²) in [4.78, 5) is 17.0. The first-order valence-corrected chi connectivity index (χ1v) is 10.3. The van der Waals surface area contributed by atoms with E-state index in [-0.39, 0.29) is 18.0 Å². The number of aryl methyl sites for hydroxylation is 1. The number of hydrogen-bond donors (Lipinski definition) is 3. The van der Waals surface area contributed by atoms with Gasteiger partial charge in [-0.1, -0.05) is 28.9 Å². The summed E-state index contributed by atoms with van der Waals surface area (Å²) in [6, 6.07) is 5.70. The maximum Gasteiger partial charge on any atom is 0.247 e. The Labute approximate surface area is 173 Å². The lowest BCUT2D eigenvalue weighted by molar-refractivity contribution is -0.119. The first-order chi connectivity index (χ1) is 14.1. The quantitative estimate of drug-likeness (QED) is 0.706. The maximum atomic E-state index is 12.4. The van der Waals surface area contributed by atoms with Gasteiger partial charge in [0.2, 0.25) is 17.6 Å². The second-order valence-electron chi connectivity index (χ2n) is 7.81. The number of nitrogens with zero attached hydrogens (tertiary/aromatic N) is 3. The summed E-state index contributed by atoms with van der Waals surface area (Å²) in [7, 11) is 0. The fraction of sp³-hybridized carbons (Fsp3) is 0.450. The van der Waals surface area contributed by atoms with Crippen LogP contribution in [-0.2, 0) is 4.79 Å². The molecule has 9 heteroatoms. The number of piperidine rings is 1. The van der Waals surface area contributed by atoms with Gasteiger partial charge in [0, 0.05) is 34.8 Å². The molecule has 2 fully saturated rings. The van der Waals surface area contributed by atoms with Gasteiger partial charge in [-0.15, -0.1) is 0 Å². The Morgan fingerprint density at radius 2 is 2.10 bits per heavy atom. The summed E-state index contributed by atoms with van der Waals surface area (Å²) in [5.74, 6) is 1.16. The topological polar surface area (TPSA) is 95.3 Å². The molecule has 152 valence electrons. The number of rotatable bonds is 3. The van der Waals surface area contributed by atoms with Crippen molar-refractivity contribution in [2.24, 2.45) is 5.92 Å². The number of fused-ring (bicyclic) bond motifs is 1. The third kappa shape index (κ3) is 3.41. The summed E-state index contributed by atoms with van der Waals surface area (Å²) < 4.78 is 5.59. The lowest BCUT2D eigenvalue weighted by atomic mass is 9.92. The minimum absolute atomic E-state index is 0.0708. The Morgan fingerprint density at radius 3 is 2.90 bits per heavy atom. The van der Waals surface area contributed by atoms with E-state index >= 15 is 0 Å². The molecule has 8 nitrogen and oxygen atoms in total. The van der Waals surface area contributed by atoms with Crippen molar-refractivity contribution in [1.29, 1.82) is 0 Å². The fourth-order valence-corrected chi connectivity index (χ4v) is 4.47. The van der Waals surface area contributed by atoms with Crippen LogP contribution in [0.5, 0.6) is 0 Å². The Kier molecular flexibility index (Phi) is 4.77. The Bertz CT molecular complexity index is 968. The normalized spacial score (nSPS) is 25.0. The van der Waals surface area contributed by atoms with Crippen LogP contribution in [0.1, 0.15) is 30.2 Å². The van der Waals surface area contributed by atoms with Crippen molar-refractivity contribution in [2.45, 2.75) is 31.8 Å². The molecule has 2 atom stereocenters. The highest BCUT2D eigenvalue weighted by molar-refractivity contribution is 6.31. The standard InChI is InChI=1S/C20H23ClN6O2/c1-11-2-3-13(8-15(11)21)18-25-20(29-26-18)14-10-23-27-16(9-17(28)24-19(14)27)12-4-6-22-7-5-12/h2-3,8-9,12,14,19,22-23H,4-7,10H2,1H3,(H,24,28). The number of benzene rings is 1. The zero-order chi connectivity index (χ0) is 20.0. The van der Waals surface area contributed by atoms with Crippen LogP contribution in [-0.4, -0.2) is 46.9 Å². The molecule has 2 aromatic rings. The molecule has 4 heterocycles. The van der Waals surface area contributed by atoms with Crippen LogP contribution in [0.15, 0.2) is 34.5 Å². The van der Waals surface area contributed by atoms with Crippen LogP contribution >= 0.6 is 11.6 Å². The predicted octanol–water partition coefficient (Wildman–Crippen LogP) is 1.94. The Hall–Kier alpha value is -2.42. The highest BCUT2D eigenvalue weighted by Gasteiger charge is 2.44. The molecule has 2 unspecified atom stereocenters. The number of hydrogen-bond acceptors (Lipinski definition) is 7. The van der Waals surface area contributed by atoms with E-state index in [9.17, 15) is 4.79 Å². The summed E-state index contributed by atoms with van der Waals surface area (Å²) >= 11 is 6.23. The van der Waals surface area contributed by atoms with E-state index in [1.165, 1.54) is 0 Å². The van der Waals surface area contributed by atoms with Crippen LogP contribution < -0.4 is 16.1 Å². The second-order valence-corrected chi connectivity index (χ2v) is 8.21. The number of carbonyl (C=O) groups excluding carboxylic acids is 1. The maximum absolute atomic E-state index is 12.4. The van der Waals surface area contributed by atoms with E-state index in [0.29, 0.717) is 29.2 Å². The molecule has 3 N–H and O–H groups in total. The number of carbonyl (C=O) groups is 1. The zero-order valence-electron chi connectivity index (χ0n) is 16.1. The van der Waals surface area contributed by atoms with E-state index in [4.69, 9.17) is 16.1 Å². The lowest BCUT2D eigenvalue weighted by Gasteiger charge is -2.38. The van der Waals surface area contributed by atoms with Crippen molar-refractivity contribution in [3.8, 4) is 11.4 Å². The molecule has 5 rings (SSSR count). The summed E-state index contributed by atoms with van der Waals surface area (Å²) in [6.07, 6.45) is 3.52. The van der Waals surface area contributed by atoms with Crippen LogP contribution in [0.4, 0.5) is 0 Å². The van der Waals surface area contributed by atoms with E-state index in [2.05, 4.69) is 31.2 Å². The molecule has 3 aliphatic rings. The van der Waals surface area contributed by atoms with Gasteiger partial charge in [-0.25, -0.2) is 5.43 Å². The van der Waals surface area contributed by atoms with Gasteiger partial charge in [0.15, 0.2) is 0 Å². The van der Waals surface area contributed by atoms with Crippen LogP contribution in [0.25, 0.3) is 11.4 Å². The number of aromatic nitrogens is 2. The van der Waals surface area contributed by atoms with Crippen molar-refractivity contribution in [3.63, 3.8) is 0 Å². The number of halogens is 1. The molecule has 0 spiro atoms. The highest BCUT2D eigenvalue weighted by Crippen LogP contribution is 2.35. The number of hydrazine groups is 1. The van der Waals surface area contributed by atoms with Gasteiger partial charge < -0.3 is 15.2 Å². The van der Waals surface area contributed by atoms with E-state index in [1.54, 1.807) is 6.08 Å². The zero-order valence-corrected chi connectivity index (χ0v) is 16.9. The highest BCUT2D eigenvalue weighted by atomic mass is 35.5. The average molecular weight is 415 g/mol. The van der Waals surface area contributed by atoms with Gasteiger partial charge >= 0.3 is 0 Å². The molecule has 1 aromatic heterocycles. The van der Waals surface area contributed by atoms with E-state index in [1.807, 2.05) is 25.1 Å². The van der Waals surface area contributed by atoms with E-state index in [0.717, 1.165) is 42.8 Å². The molecular formula is C20H23ClN6O2. The molecule has 29 heavy (non-hydrogen) atoms. The number of nitrogens with one attached hydrogen (secondary N) is 3. The lowest BCUT2D eigenvalue weighted by Crippen LogP contribution is -2.53. The van der Waals surface area contributed by atoms with Gasteiger partial charge in [-0.2, -0.15) is 4.98 Å². The smallest absolute Gasteiger partial charge is 0.247 e. The number of allylic oxidation sites excluding steroid dienone is 1. The Balaban J connectivity index is 1.39. The predicted molar refractivity (Wildman–Crippen MR) is 108 cm³/mol. The molecule has 2 saturated heterocycles. The average Bonchev–Trinajstić information content (AvgIpc) is 3.37. The monoisotopic (exact) mass is 414 g/mol. The molecule has 1 amide bonds. The molecule has 1 aromatic carbocycles. The van der Waals surface area contributed by atoms with Crippen LogP contribution in [0, 0.1) is 12.8 Å². The summed E-state index contributed by atoms with van der Waals surface area (Å²) in [6.45, 7) is 4.50. The largest absolute Gasteiger partial charge is 0.338 e. The molecule has 0 bridgehead atoms. The van der Waals surface area contributed by atoms with Gasteiger partial charge in [-0.3, -0.25) is 9.80 Å². The van der Waals surface area contributed by atoms with Crippen molar-refractivity contribution in [3.05, 3.63) is 46.4 Å². The summed E-state index contributed by atoms with van der Waals surface area (Å²) in [5, 5.41) is 13.3. The Morgan fingerprint density at radius 1 is 1.28 bits per heavy atom. The van der Waals surface area contributed by atoms with Gasteiger partial charge in [0.1, 0.15) is 6.17 Å². The third-order valence-electron chi connectivity index (χ3n) is 5.93. The molecule has 3 aliphatic heterocycles. The van der Waals surface area contributed by atoms with Gasteiger partial charge in [-0.05, 0) is 44.5 Å². The van der Waals surface area contributed by atoms with Crippen LogP contribution in [0.2, 0.25) is 5.02 Å². The summed E-state index contributed by atoms with van der Waals surface area (Å²) in [5.41, 5.74) is 6.27. The van der Waals surface area contributed by atoms with E-state index < -0.39 is 0 Å². The SMILES string of the molecule is Cc1ccc(-c2noc(C3CNN4C(C5CCNCC5)=CC(=O)NC34)n2)cc1Cl. The minimum atomic E-state index is -0.243. The second kappa shape index (κ2) is 7.44.